The number of thiophene rings is 1. The van der Waals surface area contributed by atoms with Gasteiger partial charge in [0, 0.05) is 5.69 Å². The highest BCUT2D eigenvalue weighted by atomic mass is 32.1. The van der Waals surface area contributed by atoms with Crippen LogP contribution in [-0.4, -0.2) is 20.7 Å². The van der Waals surface area contributed by atoms with Crippen molar-refractivity contribution in [2.75, 3.05) is 5.32 Å². The van der Waals surface area contributed by atoms with Crippen LogP contribution >= 0.6 is 23.6 Å². The number of halogens is 1. The average molecular weight is 348 g/mol. The normalized spacial score (nSPS) is 10.7. The second-order valence-corrected chi connectivity index (χ2v) is 6.26. The van der Waals surface area contributed by atoms with Crippen molar-refractivity contribution in [3.05, 3.63) is 51.9 Å². The summed E-state index contributed by atoms with van der Waals surface area (Å²) in [5.74, 6) is -0.0548. The van der Waals surface area contributed by atoms with Crippen LogP contribution in [-0.2, 0) is 11.3 Å². The van der Waals surface area contributed by atoms with E-state index in [0.29, 0.717) is 21.8 Å². The Bertz CT molecular complexity index is 899. The van der Waals surface area contributed by atoms with Crippen molar-refractivity contribution < 1.29 is 9.18 Å². The number of hydrogen-bond donors (Lipinski definition) is 2. The molecular weight excluding hydrogens is 335 g/mol. The Labute approximate surface area is 140 Å². The molecule has 0 saturated carbocycles. The standard InChI is InChI=1S/C15H13FN4OS2/c1-9-4-5-10(7-11(9)16)17-13(21)8-20-14(18-19-15(20)22)12-3-2-6-23-12/h2-7H,8H2,1H3,(H,17,21)(H,19,22). The van der Waals surface area contributed by atoms with Crippen molar-refractivity contribution in [2.24, 2.45) is 0 Å². The number of H-pyrrole nitrogens is 1. The molecule has 118 valence electrons. The zero-order valence-electron chi connectivity index (χ0n) is 12.2. The molecular formula is C15H13FN4OS2. The summed E-state index contributed by atoms with van der Waals surface area (Å²) < 4.78 is 15.5. The Morgan fingerprint density at radius 3 is 3.00 bits per heavy atom. The first-order valence-electron chi connectivity index (χ1n) is 6.79. The van der Waals surface area contributed by atoms with E-state index in [0.717, 1.165) is 4.88 Å². The third-order valence-corrected chi connectivity index (χ3v) is 4.43. The minimum Gasteiger partial charge on any atom is -0.324 e. The predicted molar refractivity (Wildman–Crippen MR) is 90.5 cm³/mol. The SMILES string of the molecule is Cc1ccc(NC(=O)Cn2c(-c3cccs3)n[nH]c2=S)cc1F. The van der Waals surface area contributed by atoms with Crippen molar-refractivity contribution in [1.82, 2.24) is 14.8 Å². The number of carbonyl (C=O) groups excluding carboxylic acids is 1. The van der Waals surface area contributed by atoms with E-state index in [1.807, 2.05) is 17.5 Å². The molecule has 0 aliphatic rings. The minimum absolute atomic E-state index is 0.00192. The number of rotatable bonds is 4. The van der Waals surface area contributed by atoms with Gasteiger partial charge in [-0.1, -0.05) is 12.1 Å². The number of aromatic nitrogens is 3. The summed E-state index contributed by atoms with van der Waals surface area (Å²) >= 11 is 6.68. The summed E-state index contributed by atoms with van der Waals surface area (Å²) in [6, 6.07) is 8.37. The third-order valence-electron chi connectivity index (χ3n) is 3.26. The summed E-state index contributed by atoms with van der Waals surface area (Å²) in [6.07, 6.45) is 0. The molecule has 1 aromatic carbocycles. The van der Waals surface area contributed by atoms with E-state index in [1.54, 1.807) is 23.6 Å². The van der Waals surface area contributed by atoms with Crippen LogP contribution in [0.2, 0.25) is 0 Å². The molecule has 23 heavy (non-hydrogen) atoms. The molecule has 2 aromatic heterocycles. The summed E-state index contributed by atoms with van der Waals surface area (Å²) in [5.41, 5.74) is 0.936. The van der Waals surface area contributed by atoms with Crippen LogP contribution in [0.3, 0.4) is 0 Å². The van der Waals surface area contributed by atoms with Crippen molar-refractivity contribution in [3.8, 4) is 10.7 Å². The van der Waals surface area contributed by atoms with Gasteiger partial charge < -0.3 is 5.32 Å². The maximum absolute atomic E-state index is 13.5. The van der Waals surface area contributed by atoms with Crippen LogP contribution < -0.4 is 5.32 Å². The molecule has 1 amide bonds. The molecule has 0 atom stereocenters. The smallest absolute Gasteiger partial charge is 0.244 e. The number of amides is 1. The Kier molecular flexibility index (Phi) is 4.35. The number of nitrogens with one attached hydrogen (secondary N) is 2. The van der Waals surface area contributed by atoms with Gasteiger partial charge in [-0.15, -0.1) is 11.3 Å². The van der Waals surface area contributed by atoms with Gasteiger partial charge in [-0.3, -0.25) is 14.5 Å². The fraction of sp³-hybridized carbons (Fsp3) is 0.133. The van der Waals surface area contributed by atoms with E-state index >= 15 is 0 Å². The van der Waals surface area contributed by atoms with Crippen molar-refractivity contribution in [1.29, 1.82) is 0 Å². The zero-order valence-corrected chi connectivity index (χ0v) is 13.8. The molecule has 8 heteroatoms. The van der Waals surface area contributed by atoms with E-state index in [4.69, 9.17) is 12.2 Å². The number of aryl methyl sites for hydroxylation is 1. The first-order chi connectivity index (χ1) is 11.0. The van der Waals surface area contributed by atoms with Gasteiger partial charge in [0.1, 0.15) is 12.4 Å². The minimum atomic E-state index is -0.359. The maximum atomic E-state index is 13.5. The molecule has 0 fully saturated rings. The van der Waals surface area contributed by atoms with Crippen LogP contribution in [0.4, 0.5) is 10.1 Å². The number of aromatic amines is 1. The number of carbonyl (C=O) groups is 1. The first-order valence-corrected chi connectivity index (χ1v) is 8.08. The molecule has 0 bridgehead atoms. The van der Waals surface area contributed by atoms with E-state index in [2.05, 4.69) is 15.5 Å². The highest BCUT2D eigenvalue weighted by Crippen LogP contribution is 2.22. The first kappa shape index (κ1) is 15.6. The third kappa shape index (κ3) is 3.38. The van der Waals surface area contributed by atoms with Crippen LogP contribution in [0, 0.1) is 17.5 Å². The Morgan fingerprint density at radius 2 is 2.30 bits per heavy atom. The van der Waals surface area contributed by atoms with Crippen LogP contribution in [0.1, 0.15) is 5.56 Å². The van der Waals surface area contributed by atoms with Gasteiger partial charge >= 0.3 is 0 Å². The number of hydrogen-bond acceptors (Lipinski definition) is 4. The van der Waals surface area contributed by atoms with Crippen molar-refractivity contribution >= 4 is 35.1 Å². The molecule has 2 heterocycles. The summed E-state index contributed by atoms with van der Waals surface area (Å²) in [4.78, 5) is 13.1. The van der Waals surface area contributed by atoms with E-state index in [9.17, 15) is 9.18 Å². The average Bonchev–Trinajstić information content (AvgIpc) is 3.14. The van der Waals surface area contributed by atoms with Gasteiger partial charge in [-0.05, 0) is 48.3 Å². The van der Waals surface area contributed by atoms with Gasteiger partial charge in [-0.2, -0.15) is 5.10 Å². The highest BCUT2D eigenvalue weighted by molar-refractivity contribution is 7.71. The molecule has 0 unspecified atom stereocenters. The molecule has 0 radical (unpaired) electrons. The Balaban J connectivity index is 1.79. The summed E-state index contributed by atoms with van der Waals surface area (Å²) in [7, 11) is 0. The lowest BCUT2D eigenvalue weighted by Crippen LogP contribution is -2.19. The van der Waals surface area contributed by atoms with Gasteiger partial charge in [-0.25, -0.2) is 4.39 Å². The van der Waals surface area contributed by atoms with Gasteiger partial charge in [0.05, 0.1) is 4.88 Å². The lowest BCUT2D eigenvalue weighted by Gasteiger charge is -2.08. The molecule has 0 spiro atoms. The second-order valence-electron chi connectivity index (χ2n) is 4.93. The van der Waals surface area contributed by atoms with E-state index in [1.165, 1.54) is 17.4 Å². The van der Waals surface area contributed by atoms with Crippen molar-refractivity contribution in [3.63, 3.8) is 0 Å². The molecule has 0 aliphatic heterocycles. The van der Waals surface area contributed by atoms with E-state index in [-0.39, 0.29) is 18.3 Å². The Hall–Kier alpha value is -2.32. The summed E-state index contributed by atoms with van der Waals surface area (Å²) in [5, 5.41) is 11.4. The molecule has 0 saturated heterocycles. The maximum Gasteiger partial charge on any atom is 0.244 e. The molecule has 5 nitrogen and oxygen atoms in total. The van der Waals surface area contributed by atoms with E-state index < -0.39 is 0 Å². The van der Waals surface area contributed by atoms with Crippen LogP contribution in [0.15, 0.2) is 35.7 Å². The predicted octanol–water partition coefficient (Wildman–Crippen LogP) is 3.76. The Morgan fingerprint density at radius 1 is 1.48 bits per heavy atom. The summed E-state index contributed by atoms with van der Waals surface area (Å²) in [6.45, 7) is 1.66. The topological polar surface area (TPSA) is 62.7 Å². The highest BCUT2D eigenvalue weighted by Gasteiger charge is 2.13. The molecule has 3 rings (SSSR count). The second kappa shape index (κ2) is 6.43. The monoisotopic (exact) mass is 348 g/mol. The quantitative estimate of drug-likeness (QED) is 0.706. The molecule has 0 aliphatic carbocycles. The fourth-order valence-corrected chi connectivity index (χ4v) is 2.99. The lowest BCUT2D eigenvalue weighted by molar-refractivity contribution is -0.116. The van der Waals surface area contributed by atoms with Gasteiger partial charge in [0.2, 0.25) is 5.91 Å². The number of nitrogens with zero attached hydrogens (tertiary/aromatic N) is 2. The molecule has 3 aromatic rings. The fourth-order valence-electron chi connectivity index (χ4n) is 2.07. The zero-order chi connectivity index (χ0) is 16.4. The molecule has 2 N–H and O–H groups in total. The van der Waals surface area contributed by atoms with Crippen molar-refractivity contribution in [2.45, 2.75) is 13.5 Å². The number of anilines is 1. The lowest BCUT2D eigenvalue weighted by atomic mass is 10.2. The van der Waals surface area contributed by atoms with Gasteiger partial charge in [0.15, 0.2) is 10.6 Å². The number of benzene rings is 1. The van der Waals surface area contributed by atoms with Gasteiger partial charge in [0.25, 0.3) is 0 Å². The largest absolute Gasteiger partial charge is 0.324 e. The van der Waals surface area contributed by atoms with Crippen LogP contribution in [0.5, 0.6) is 0 Å². The van der Waals surface area contributed by atoms with Crippen LogP contribution in [0.25, 0.3) is 10.7 Å².